The van der Waals surface area contributed by atoms with Crippen LogP contribution in [0.1, 0.15) is 26.7 Å². The van der Waals surface area contributed by atoms with E-state index in [-0.39, 0.29) is 23.8 Å². The van der Waals surface area contributed by atoms with Crippen molar-refractivity contribution in [3.05, 3.63) is 0 Å². The minimum atomic E-state index is -3.28. The van der Waals surface area contributed by atoms with Gasteiger partial charge in [-0.25, -0.2) is 13.1 Å². The molecule has 6 heteroatoms. The highest BCUT2D eigenvalue weighted by Gasteiger charge is 2.29. The maximum Gasteiger partial charge on any atom is 0.214 e. The largest absolute Gasteiger partial charge is 0.396 e. The number of aliphatic hydroxyl groups excluding tert-OH is 1. The van der Waals surface area contributed by atoms with E-state index in [1.165, 1.54) is 0 Å². The Morgan fingerprint density at radius 3 is 2.44 bits per heavy atom. The normalized spacial score (nSPS) is 22.9. The van der Waals surface area contributed by atoms with E-state index in [1.54, 1.807) is 6.92 Å². The number of nitrogens with one attached hydrogen (secondary N) is 1. The van der Waals surface area contributed by atoms with Crippen LogP contribution >= 0.6 is 0 Å². The summed E-state index contributed by atoms with van der Waals surface area (Å²) in [7, 11) is -3.28. The quantitative estimate of drug-likeness (QED) is 0.727. The number of hydrogen-bond acceptors (Lipinski definition) is 4. The molecule has 0 aliphatic carbocycles. The van der Waals surface area contributed by atoms with Crippen molar-refractivity contribution in [2.24, 2.45) is 5.92 Å². The van der Waals surface area contributed by atoms with Crippen molar-refractivity contribution in [3.63, 3.8) is 0 Å². The van der Waals surface area contributed by atoms with E-state index >= 15 is 0 Å². The monoisotopic (exact) mass is 251 g/mol. The van der Waals surface area contributed by atoms with Gasteiger partial charge in [0, 0.05) is 25.9 Å². The van der Waals surface area contributed by atoms with E-state index in [2.05, 4.69) is 4.72 Å². The van der Waals surface area contributed by atoms with Gasteiger partial charge in [-0.1, -0.05) is 6.92 Å². The molecule has 0 saturated carbocycles. The van der Waals surface area contributed by atoms with Gasteiger partial charge in [0.15, 0.2) is 0 Å². The molecule has 0 bridgehead atoms. The van der Waals surface area contributed by atoms with E-state index in [0.29, 0.717) is 26.1 Å². The molecule has 5 nitrogen and oxygen atoms in total. The molecular formula is C10H21NO4S. The highest BCUT2D eigenvalue weighted by molar-refractivity contribution is 7.90. The molecule has 1 saturated heterocycles. The Morgan fingerprint density at radius 2 is 1.94 bits per heavy atom. The highest BCUT2D eigenvalue weighted by Crippen LogP contribution is 2.16. The van der Waals surface area contributed by atoms with Crippen LogP contribution in [0.2, 0.25) is 0 Å². The zero-order valence-electron chi connectivity index (χ0n) is 9.85. The molecule has 0 radical (unpaired) electrons. The molecule has 16 heavy (non-hydrogen) atoms. The second-order valence-corrected chi connectivity index (χ2v) is 6.42. The lowest BCUT2D eigenvalue weighted by Crippen LogP contribution is -2.44. The number of ether oxygens (including phenoxy) is 1. The number of hydrogen-bond donors (Lipinski definition) is 2. The Kier molecular flexibility index (Phi) is 5.17. The van der Waals surface area contributed by atoms with Gasteiger partial charge in [0.05, 0.1) is 5.25 Å². The fraction of sp³-hybridized carbons (Fsp3) is 1.00. The SMILES string of the molecule is CC(CO)C(C)NS(=O)(=O)C1CCOCC1. The number of sulfonamides is 1. The lowest BCUT2D eigenvalue weighted by Gasteiger charge is -2.26. The summed E-state index contributed by atoms with van der Waals surface area (Å²) < 4.78 is 31.7. The maximum absolute atomic E-state index is 12.0. The lowest BCUT2D eigenvalue weighted by molar-refractivity contribution is 0.0979. The first-order valence-corrected chi connectivity index (χ1v) is 7.21. The molecule has 2 unspecified atom stereocenters. The smallest absolute Gasteiger partial charge is 0.214 e. The van der Waals surface area contributed by atoms with Crippen molar-refractivity contribution in [1.29, 1.82) is 0 Å². The van der Waals surface area contributed by atoms with Crippen molar-refractivity contribution < 1.29 is 18.3 Å². The summed E-state index contributed by atoms with van der Waals surface area (Å²) in [5.41, 5.74) is 0. The van der Waals surface area contributed by atoms with Gasteiger partial charge in [0.25, 0.3) is 0 Å². The van der Waals surface area contributed by atoms with Gasteiger partial charge in [-0.2, -0.15) is 0 Å². The average Bonchev–Trinajstić information content (AvgIpc) is 2.28. The maximum atomic E-state index is 12.0. The zero-order chi connectivity index (χ0) is 12.2. The third kappa shape index (κ3) is 3.69. The second-order valence-electron chi connectivity index (χ2n) is 4.42. The van der Waals surface area contributed by atoms with Crippen LogP contribution in [0.5, 0.6) is 0 Å². The van der Waals surface area contributed by atoms with Gasteiger partial charge in [-0.15, -0.1) is 0 Å². The Morgan fingerprint density at radius 1 is 1.38 bits per heavy atom. The minimum Gasteiger partial charge on any atom is -0.396 e. The van der Waals surface area contributed by atoms with Crippen LogP contribution in [0.25, 0.3) is 0 Å². The Bertz CT molecular complexity index is 298. The Labute approximate surface area is 97.2 Å². The summed E-state index contributed by atoms with van der Waals surface area (Å²) in [6, 6.07) is -0.238. The molecule has 0 aromatic heterocycles. The predicted octanol–water partition coefficient (Wildman–Crippen LogP) is 0.102. The van der Waals surface area contributed by atoms with Gasteiger partial charge in [0.1, 0.15) is 0 Å². The molecule has 1 fully saturated rings. The second kappa shape index (κ2) is 5.95. The summed E-state index contributed by atoms with van der Waals surface area (Å²) in [6.45, 7) is 4.59. The summed E-state index contributed by atoms with van der Waals surface area (Å²) >= 11 is 0. The van der Waals surface area contributed by atoms with E-state index in [4.69, 9.17) is 9.84 Å². The molecule has 1 rings (SSSR count). The van der Waals surface area contributed by atoms with Crippen molar-refractivity contribution >= 4 is 10.0 Å². The fourth-order valence-electron chi connectivity index (χ4n) is 1.62. The Balaban J connectivity index is 2.56. The molecule has 0 spiro atoms. The molecule has 1 heterocycles. The molecule has 0 aromatic rings. The van der Waals surface area contributed by atoms with Gasteiger partial charge < -0.3 is 9.84 Å². The van der Waals surface area contributed by atoms with Crippen LogP contribution in [-0.4, -0.2) is 44.6 Å². The van der Waals surface area contributed by atoms with Crippen LogP contribution < -0.4 is 4.72 Å². The van der Waals surface area contributed by atoms with Gasteiger partial charge >= 0.3 is 0 Å². The summed E-state index contributed by atoms with van der Waals surface area (Å²) in [5, 5.41) is 8.61. The number of aliphatic hydroxyl groups is 1. The summed E-state index contributed by atoms with van der Waals surface area (Å²) in [6.07, 6.45) is 1.10. The topological polar surface area (TPSA) is 75.6 Å². The molecular weight excluding hydrogens is 230 g/mol. The van der Waals surface area contributed by atoms with E-state index < -0.39 is 10.0 Å². The predicted molar refractivity (Wildman–Crippen MR) is 61.6 cm³/mol. The van der Waals surface area contributed by atoms with Crippen LogP contribution in [0.3, 0.4) is 0 Å². The van der Waals surface area contributed by atoms with Gasteiger partial charge in [0.2, 0.25) is 10.0 Å². The summed E-state index contributed by atoms with van der Waals surface area (Å²) in [4.78, 5) is 0. The Hall–Kier alpha value is -0.170. The first-order valence-electron chi connectivity index (χ1n) is 5.67. The average molecular weight is 251 g/mol. The van der Waals surface area contributed by atoms with Gasteiger partial charge in [-0.05, 0) is 25.7 Å². The minimum absolute atomic E-state index is 0.0164. The van der Waals surface area contributed by atoms with Crippen LogP contribution in [0, 0.1) is 5.92 Å². The van der Waals surface area contributed by atoms with E-state index in [1.807, 2.05) is 6.92 Å². The molecule has 96 valence electrons. The lowest BCUT2D eigenvalue weighted by atomic mass is 10.1. The standard InChI is InChI=1S/C10H21NO4S/c1-8(7-12)9(2)11-16(13,14)10-3-5-15-6-4-10/h8-12H,3-7H2,1-2H3. The van der Waals surface area contributed by atoms with E-state index in [0.717, 1.165) is 0 Å². The van der Waals surface area contributed by atoms with Crippen LogP contribution in [0.4, 0.5) is 0 Å². The van der Waals surface area contributed by atoms with Crippen LogP contribution in [-0.2, 0) is 14.8 Å². The molecule has 1 aliphatic rings. The van der Waals surface area contributed by atoms with Crippen LogP contribution in [0.15, 0.2) is 0 Å². The highest BCUT2D eigenvalue weighted by atomic mass is 32.2. The van der Waals surface area contributed by atoms with Crippen molar-refractivity contribution in [1.82, 2.24) is 4.72 Å². The molecule has 0 amide bonds. The van der Waals surface area contributed by atoms with E-state index in [9.17, 15) is 8.42 Å². The molecule has 1 aliphatic heterocycles. The molecule has 0 aromatic carbocycles. The first kappa shape index (κ1) is 13.9. The zero-order valence-corrected chi connectivity index (χ0v) is 10.7. The first-order chi connectivity index (χ1) is 7.47. The number of rotatable bonds is 5. The molecule has 2 N–H and O–H groups in total. The van der Waals surface area contributed by atoms with Crippen molar-refractivity contribution in [3.8, 4) is 0 Å². The summed E-state index contributed by atoms with van der Waals surface area (Å²) in [5.74, 6) is -0.0744. The van der Waals surface area contributed by atoms with Gasteiger partial charge in [-0.3, -0.25) is 0 Å². The molecule has 2 atom stereocenters. The third-order valence-electron chi connectivity index (χ3n) is 3.10. The van der Waals surface area contributed by atoms with Crippen molar-refractivity contribution in [2.45, 2.75) is 38.0 Å². The fourth-order valence-corrected chi connectivity index (χ4v) is 3.37. The van der Waals surface area contributed by atoms with Crippen molar-refractivity contribution in [2.75, 3.05) is 19.8 Å². The third-order valence-corrected chi connectivity index (χ3v) is 5.15.